The average molecular weight is 336 g/mol. The molecule has 3 aromatic rings. The molecule has 5 nitrogen and oxygen atoms in total. The second kappa shape index (κ2) is 5.72. The van der Waals surface area contributed by atoms with E-state index in [1.807, 2.05) is 30.5 Å². The summed E-state index contributed by atoms with van der Waals surface area (Å²) in [6.07, 6.45) is 1.81. The molecule has 0 saturated heterocycles. The van der Waals surface area contributed by atoms with E-state index in [1.165, 1.54) is 6.07 Å². The van der Waals surface area contributed by atoms with E-state index >= 15 is 0 Å². The van der Waals surface area contributed by atoms with Crippen molar-refractivity contribution in [2.75, 3.05) is 0 Å². The molecule has 0 fully saturated rings. The fraction of sp³-hybridized carbons (Fsp3) is 0.133. The van der Waals surface area contributed by atoms with Crippen LogP contribution in [0.5, 0.6) is 0 Å². The largest absolute Gasteiger partial charge is 0.241 e. The zero-order valence-corrected chi connectivity index (χ0v) is 13.4. The summed E-state index contributed by atoms with van der Waals surface area (Å²) in [5.74, 6) is 0. The zero-order valence-electron chi connectivity index (χ0n) is 11.8. The normalized spacial score (nSPS) is 11.9. The number of nitrogens with one attached hydrogen (secondary N) is 1. The number of sulfonamides is 1. The lowest BCUT2D eigenvalue weighted by Crippen LogP contribution is -2.24. The number of fused-ring (bicyclic) bond motifs is 1. The minimum atomic E-state index is -3.63. The van der Waals surface area contributed by atoms with Crippen LogP contribution in [-0.2, 0) is 16.6 Å². The Bertz CT molecular complexity index is 902. The smallest absolute Gasteiger partial charge is 0.241 e. The van der Waals surface area contributed by atoms with Crippen molar-refractivity contribution in [1.29, 1.82) is 0 Å². The van der Waals surface area contributed by atoms with Crippen LogP contribution in [0, 0.1) is 6.92 Å². The third-order valence-electron chi connectivity index (χ3n) is 3.30. The first-order valence-electron chi connectivity index (χ1n) is 6.65. The van der Waals surface area contributed by atoms with Gasteiger partial charge in [0.2, 0.25) is 10.0 Å². The SMILES string of the molecule is Cc1ccc(Cl)cc1S(=O)(=O)NCc1cc2ccccn2n1. The van der Waals surface area contributed by atoms with E-state index in [9.17, 15) is 8.42 Å². The van der Waals surface area contributed by atoms with Crippen molar-refractivity contribution in [3.8, 4) is 0 Å². The van der Waals surface area contributed by atoms with E-state index in [2.05, 4.69) is 9.82 Å². The van der Waals surface area contributed by atoms with Crippen molar-refractivity contribution in [3.63, 3.8) is 0 Å². The van der Waals surface area contributed by atoms with Crippen LogP contribution >= 0.6 is 11.6 Å². The third-order valence-corrected chi connectivity index (χ3v) is 5.08. The molecule has 1 aromatic carbocycles. The first kappa shape index (κ1) is 15.0. The van der Waals surface area contributed by atoms with Gasteiger partial charge in [-0.05, 0) is 42.8 Å². The lowest BCUT2D eigenvalue weighted by atomic mass is 10.2. The molecule has 7 heteroatoms. The minimum absolute atomic E-state index is 0.121. The van der Waals surface area contributed by atoms with Gasteiger partial charge < -0.3 is 0 Å². The maximum absolute atomic E-state index is 12.4. The average Bonchev–Trinajstić information content (AvgIpc) is 2.90. The number of benzene rings is 1. The predicted octanol–water partition coefficient (Wildman–Crippen LogP) is 2.77. The molecule has 2 aromatic heterocycles. The lowest BCUT2D eigenvalue weighted by Gasteiger charge is -2.08. The summed E-state index contributed by atoms with van der Waals surface area (Å²) in [5.41, 5.74) is 2.21. The highest BCUT2D eigenvalue weighted by molar-refractivity contribution is 7.89. The van der Waals surface area contributed by atoms with E-state index in [1.54, 1.807) is 23.6 Å². The van der Waals surface area contributed by atoms with Gasteiger partial charge in [-0.1, -0.05) is 23.7 Å². The summed E-state index contributed by atoms with van der Waals surface area (Å²) in [4.78, 5) is 0.184. The second-order valence-corrected chi connectivity index (χ2v) is 7.11. The summed E-state index contributed by atoms with van der Waals surface area (Å²) in [7, 11) is -3.63. The number of halogens is 1. The molecular weight excluding hydrogens is 322 g/mol. The third kappa shape index (κ3) is 2.99. The van der Waals surface area contributed by atoms with Crippen LogP contribution in [0.3, 0.4) is 0 Å². The fourth-order valence-electron chi connectivity index (χ4n) is 2.19. The van der Waals surface area contributed by atoms with E-state index in [4.69, 9.17) is 11.6 Å². The summed E-state index contributed by atoms with van der Waals surface area (Å²) in [5, 5.41) is 4.70. The minimum Gasteiger partial charge on any atom is -0.241 e. The van der Waals surface area contributed by atoms with Gasteiger partial charge in [0.05, 0.1) is 22.7 Å². The van der Waals surface area contributed by atoms with Crippen molar-refractivity contribution < 1.29 is 8.42 Å². The maximum atomic E-state index is 12.4. The Hall–Kier alpha value is -1.89. The molecule has 0 spiro atoms. The van der Waals surface area contributed by atoms with Gasteiger partial charge in [-0.25, -0.2) is 17.7 Å². The molecule has 0 unspecified atom stereocenters. The monoisotopic (exact) mass is 335 g/mol. The van der Waals surface area contributed by atoms with Gasteiger partial charge in [0.1, 0.15) is 0 Å². The topological polar surface area (TPSA) is 63.5 Å². The highest BCUT2D eigenvalue weighted by Gasteiger charge is 2.17. The number of hydrogen-bond acceptors (Lipinski definition) is 3. The molecule has 0 aliphatic heterocycles. The van der Waals surface area contributed by atoms with Crippen LogP contribution < -0.4 is 4.72 Å². The summed E-state index contributed by atoms with van der Waals surface area (Å²) in [6, 6.07) is 12.3. The Labute approximate surface area is 133 Å². The van der Waals surface area contributed by atoms with Gasteiger partial charge in [-0.15, -0.1) is 0 Å². The van der Waals surface area contributed by atoms with Gasteiger partial charge >= 0.3 is 0 Å². The number of nitrogens with zero attached hydrogens (tertiary/aromatic N) is 2. The molecule has 114 valence electrons. The van der Waals surface area contributed by atoms with Crippen molar-refractivity contribution in [2.24, 2.45) is 0 Å². The van der Waals surface area contributed by atoms with Gasteiger partial charge in [0.15, 0.2) is 0 Å². The number of aromatic nitrogens is 2. The molecule has 0 amide bonds. The van der Waals surface area contributed by atoms with E-state index in [0.29, 0.717) is 16.3 Å². The quantitative estimate of drug-likeness (QED) is 0.797. The number of pyridine rings is 1. The zero-order chi connectivity index (χ0) is 15.7. The molecule has 22 heavy (non-hydrogen) atoms. The Kier molecular flexibility index (Phi) is 3.90. The van der Waals surface area contributed by atoms with Crippen molar-refractivity contribution in [1.82, 2.24) is 14.3 Å². The van der Waals surface area contributed by atoms with Gasteiger partial charge in [0, 0.05) is 11.2 Å². The lowest BCUT2D eigenvalue weighted by molar-refractivity contribution is 0.579. The molecule has 1 N–H and O–H groups in total. The van der Waals surface area contributed by atoms with Crippen LogP contribution in [0.4, 0.5) is 0 Å². The highest BCUT2D eigenvalue weighted by atomic mass is 35.5. The van der Waals surface area contributed by atoms with Crippen molar-refractivity contribution >= 4 is 27.1 Å². The molecule has 0 aliphatic carbocycles. The first-order valence-corrected chi connectivity index (χ1v) is 8.51. The van der Waals surface area contributed by atoms with Crippen LogP contribution in [0.15, 0.2) is 53.6 Å². The predicted molar refractivity (Wildman–Crippen MR) is 85.4 cm³/mol. The Morgan fingerprint density at radius 3 is 2.82 bits per heavy atom. The van der Waals surface area contributed by atoms with Crippen LogP contribution in [0.2, 0.25) is 5.02 Å². The van der Waals surface area contributed by atoms with Crippen LogP contribution in [0.25, 0.3) is 5.52 Å². The Morgan fingerprint density at radius 1 is 1.23 bits per heavy atom. The van der Waals surface area contributed by atoms with Gasteiger partial charge in [-0.2, -0.15) is 5.10 Å². The van der Waals surface area contributed by atoms with Gasteiger partial charge in [-0.3, -0.25) is 0 Å². The summed E-state index contributed by atoms with van der Waals surface area (Å²) in [6.45, 7) is 1.85. The summed E-state index contributed by atoms with van der Waals surface area (Å²) >= 11 is 5.89. The standard InChI is InChI=1S/C15H14ClN3O2S/c1-11-5-6-12(16)8-15(11)22(20,21)17-10-13-9-14-4-2-3-7-19(14)18-13/h2-9,17H,10H2,1H3. The molecule has 2 heterocycles. The van der Waals surface area contributed by atoms with Gasteiger partial charge in [0.25, 0.3) is 0 Å². The molecule has 0 bridgehead atoms. The van der Waals surface area contributed by atoms with Crippen molar-refractivity contribution in [3.05, 3.63) is 64.9 Å². The fourth-order valence-corrected chi connectivity index (χ4v) is 3.69. The molecular formula is C15H14ClN3O2S. The highest BCUT2D eigenvalue weighted by Crippen LogP contribution is 2.20. The Balaban J connectivity index is 1.84. The number of hydrogen-bond donors (Lipinski definition) is 1. The molecule has 3 rings (SSSR count). The number of rotatable bonds is 4. The van der Waals surface area contributed by atoms with E-state index in [0.717, 1.165) is 5.52 Å². The molecule has 0 atom stereocenters. The summed E-state index contributed by atoms with van der Waals surface area (Å²) < 4.78 is 29.0. The Morgan fingerprint density at radius 2 is 2.05 bits per heavy atom. The first-order chi connectivity index (χ1) is 10.5. The molecule has 0 saturated carbocycles. The second-order valence-electron chi connectivity index (χ2n) is 4.94. The molecule has 0 radical (unpaired) electrons. The van der Waals surface area contributed by atoms with E-state index < -0.39 is 10.0 Å². The van der Waals surface area contributed by atoms with Crippen molar-refractivity contribution in [2.45, 2.75) is 18.4 Å². The molecule has 0 aliphatic rings. The van der Waals surface area contributed by atoms with Crippen LogP contribution in [-0.4, -0.2) is 18.0 Å². The van der Waals surface area contributed by atoms with Crippen LogP contribution in [0.1, 0.15) is 11.3 Å². The number of aryl methyl sites for hydroxylation is 1. The van der Waals surface area contributed by atoms with E-state index in [-0.39, 0.29) is 11.4 Å². The maximum Gasteiger partial charge on any atom is 0.241 e.